The molecule has 1 N–H and O–H groups in total. The zero-order chi connectivity index (χ0) is 10.3. The monoisotopic (exact) mass is 203 g/mol. The van der Waals surface area contributed by atoms with Crippen molar-refractivity contribution in [3.63, 3.8) is 0 Å². The standard InChI is InChI=1S/C10H13N5/c1-15-5-2-7(6-15)8-9-10(14-13-8)12-4-3-11-9/h3-4,7H,2,5-6H2,1H3,(H,12,13,14)/t7-/m1/s1. The fourth-order valence-corrected chi connectivity index (χ4v) is 2.22. The predicted molar refractivity (Wildman–Crippen MR) is 56.5 cm³/mol. The summed E-state index contributed by atoms with van der Waals surface area (Å²) in [6.07, 6.45) is 4.57. The lowest BCUT2D eigenvalue weighted by Crippen LogP contribution is -2.13. The molecule has 0 radical (unpaired) electrons. The van der Waals surface area contributed by atoms with E-state index >= 15 is 0 Å². The smallest absolute Gasteiger partial charge is 0.199 e. The Hall–Kier alpha value is -1.49. The highest BCUT2D eigenvalue weighted by Crippen LogP contribution is 2.28. The van der Waals surface area contributed by atoms with E-state index < -0.39 is 0 Å². The molecule has 1 saturated heterocycles. The lowest BCUT2D eigenvalue weighted by atomic mass is 10.0. The second kappa shape index (κ2) is 3.27. The molecule has 0 unspecified atom stereocenters. The van der Waals surface area contributed by atoms with Crippen molar-refractivity contribution in [3.8, 4) is 0 Å². The van der Waals surface area contributed by atoms with Crippen molar-refractivity contribution in [3.05, 3.63) is 18.1 Å². The largest absolute Gasteiger partial charge is 0.306 e. The van der Waals surface area contributed by atoms with Gasteiger partial charge in [0, 0.05) is 24.9 Å². The lowest BCUT2D eigenvalue weighted by molar-refractivity contribution is 0.411. The van der Waals surface area contributed by atoms with Gasteiger partial charge in [0.2, 0.25) is 0 Å². The molecule has 2 aromatic rings. The van der Waals surface area contributed by atoms with Gasteiger partial charge in [-0.05, 0) is 20.0 Å². The Morgan fingerprint density at radius 1 is 1.40 bits per heavy atom. The van der Waals surface area contributed by atoms with Gasteiger partial charge in [-0.1, -0.05) is 0 Å². The molecule has 78 valence electrons. The fourth-order valence-electron chi connectivity index (χ4n) is 2.22. The van der Waals surface area contributed by atoms with Gasteiger partial charge in [-0.15, -0.1) is 0 Å². The molecule has 3 heterocycles. The maximum atomic E-state index is 4.34. The summed E-state index contributed by atoms with van der Waals surface area (Å²) in [5.41, 5.74) is 2.79. The van der Waals surface area contributed by atoms with Gasteiger partial charge in [0.1, 0.15) is 5.52 Å². The number of aromatic nitrogens is 4. The molecule has 0 spiro atoms. The lowest BCUT2D eigenvalue weighted by Gasteiger charge is -2.07. The second-order valence-electron chi connectivity index (χ2n) is 4.11. The molecule has 1 atom stereocenters. The van der Waals surface area contributed by atoms with Gasteiger partial charge < -0.3 is 4.90 Å². The van der Waals surface area contributed by atoms with Crippen LogP contribution in [0.15, 0.2) is 12.4 Å². The van der Waals surface area contributed by atoms with Crippen LogP contribution in [0.1, 0.15) is 18.0 Å². The first-order valence-electron chi connectivity index (χ1n) is 5.18. The molecule has 0 bridgehead atoms. The SMILES string of the molecule is CN1CC[C@@H](c2[nH]nc3nccnc23)C1. The number of likely N-dealkylation sites (tertiary alicyclic amines) is 1. The Labute approximate surface area is 87.5 Å². The van der Waals surface area contributed by atoms with E-state index in [4.69, 9.17) is 0 Å². The van der Waals surface area contributed by atoms with Crippen LogP contribution in [0, 0.1) is 0 Å². The van der Waals surface area contributed by atoms with Crippen LogP contribution in [-0.4, -0.2) is 45.2 Å². The van der Waals surface area contributed by atoms with Crippen molar-refractivity contribution >= 4 is 11.2 Å². The molecular formula is C10H13N5. The van der Waals surface area contributed by atoms with Crippen LogP contribution >= 0.6 is 0 Å². The van der Waals surface area contributed by atoms with E-state index in [1.807, 2.05) is 0 Å². The first kappa shape index (κ1) is 8.79. The maximum absolute atomic E-state index is 4.34. The Morgan fingerprint density at radius 3 is 3.07 bits per heavy atom. The minimum absolute atomic E-state index is 0.525. The van der Waals surface area contributed by atoms with Gasteiger partial charge in [-0.25, -0.2) is 9.97 Å². The van der Waals surface area contributed by atoms with Crippen molar-refractivity contribution < 1.29 is 0 Å². The molecule has 15 heavy (non-hydrogen) atoms. The Balaban J connectivity index is 2.04. The Bertz CT molecular complexity index is 477. The van der Waals surface area contributed by atoms with Crippen LogP contribution in [0.4, 0.5) is 0 Å². The second-order valence-corrected chi connectivity index (χ2v) is 4.11. The molecule has 0 amide bonds. The first-order chi connectivity index (χ1) is 7.34. The summed E-state index contributed by atoms with van der Waals surface area (Å²) in [5, 5.41) is 7.25. The van der Waals surface area contributed by atoms with E-state index in [-0.39, 0.29) is 0 Å². The molecule has 2 aromatic heterocycles. The zero-order valence-electron chi connectivity index (χ0n) is 8.64. The highest BCUT2D eigenvalue weighted by atomic mass is 15.2. The minimum Gasteiger partial charge on any atom is -0.306 e. The number of aromatic amines is 1. The van der Waals surface area contributed by atoms with Crippen molar-refractivity contribution in [2.45, 2.75) is 12.3 Å². The zero-order valence-corrected chi connectivity index (χ0v) is 8.64. The molecule has 1 fully saturated rings. The highest BCUT2D eigenvalue weighted by molar-refractivity contribution is 5.72. The molecule has 3 rings (SSSR count). The number of likely N-dealkylation sites (N-methyl/N-ethyl adjacent to an activating group) is 1. The molecule has 5 heteroatoms. The van der Waals surface area contributed by atoms with Gasteiger partial charge in [0.05, 0.1) is 5.69 Å². The number of nitrogens with zero attached hydrogens (tertiary/aromatic N) is 4. The van der Waals surface area contributed by atoms with Gasteiger partial charge in [0.25, 0.3) is 0 Å². The molecule has 0 aromatic carbocycles. The van der Waals surface area contributed by atoms with Crippen molar-refractivity contribution in [2.24, 2.45) is 0 Å². The van der Waals surface area contributed by atoms with Crippen LogP contribution in [-0.2, 0) is 0 Å². The number of H-pyrrole nitrogens is 1. The molecular weight excluding hydrogens is 190 g/mol. The number of hydrogen-bond acceptors (Lipinski definition) is 4. The summed E-state index contributed by atoms with van der Waals surface area (Å²) >= 11 is 0. The Kier molecular flexibility index (Phi) is 1.92. The van der Waals surface area contributed by atoms with Crippen molar-refractivity contribution in [2.75, 3.05) is 20.1 Å². The van der Waals surface area contributed by atoms with Crippen LogP contribution < -0.4 is 0 Å². The van der Waals surface area contributed by atoms with E-state index in [9.17, 15) is 0 Å². The third-order valence-corrected chi connectivity index (χ3v) is 3.02. The van der Waals surface area contributed by atoms with E-state index in [1.54, 1.807) is 12.4 Å². The quantitative estimate of drug-likeness (QED) is 0.743. The molecule has 1 aliphatic heterocycles. The van der Waals surface area contributed by atoms with E-state index in [2.05, 4.69) is 32.1 Å². The molecule has 5 nitrogen and oxygen atoms in total. The van der Waals surface area contributed by atoms with Gasteiger partial charge >= 0.3 is 0 Å². The van der Waals surface area contributed by atoms with Gasteiger partial charge in [-0.3, -0.25) is 5.10 Å². The Morgan fingerprint density at radius 2 is 2.27 bits per heavy atom. The van der Waals surface area contributed by atoms with Crippen LogP contribution in [0.2, 0.25) is 0 Å². The normalized spacial score (nSPS) is 22.6. The molecule has 0 aliphatic carbocycles. The number of nitrogens with one attached hydrogen (secondary N) is 1. The average Bonchev–Trinajstić information content (AvgIpc) is 2.83. The summed E-state index contributed by atoms with van der Waals surface area (Å²) in [6, 6.07) is 0. The average molecular weight is 203 g/mol. The topological polar surface area (TPSA) is 57.7 Å². The number of fused-ring (bicyclic) bond motifs is 1. The van der Waals surface area contributed by atoms with E-state index in [0.29, 0.717) is 5.92 Å². The van der Waals surface area contributed by atoms with Gasteiger partial charge in [0.15, 0.2) is 5.65 Å². The minimum atomic E-state index is 0.525. The summed E-state index contributed by atoms with van der Waals surface area (Å²) in [7, 11) is 2.14. The third kappa shape index (κ3) is 1.39. The summed E-state index contributed by atoms with van der Waals surface area (Å²) in [4.78, 5) is 10.8. The number of hydrogen-bond donors (Lipinski definition) is 1. The summed E-state index contributed by atoms with van der Waals surface area (Å²) in [6.45, 7) is 2.22. The van der Waals surface area contributed by atoms with Crippen LogP contribution in [0.3, 0.4) is 0 Å². The summed E-state index contributed by atoms with van der Waals surface area (Å²) in [5.74, 6) is 0.525. The summed E-state index contributed by atoms with van der Waals surface area (Å²) < 4.78 is 0. The highest BCUT2D eigenvalue weighted by Gasteiger charge is 2.25. The van der Waals surface area contributed by atoms with Gasteiger partial charge in [-0.2, -0.15) is 5.10 Å². The molecule has 0 saturated carbocycles. The van der Waals surface area contributed by atoms with Crippen LogP contribution in [0.5, 0.6) is 0 Å². The fraction of sp³-hybridized carbons (Fsp3) is 0.500. The van der Waals surface area contributed by atoms with E-state index in [0.717, 1.165) is 29.9 Å². The van der Waals surface area contributed by atoms with Crippen molar-refractivity contribution in [1.82, 2.24) is 25.1 Å². The maximum Gasteiger partial charge on any atom is 0.199 e. The van der Waals surface area contributed by atoms with Crippen LogP contribution in [0.25, 0.3) is 11.2 Å². The number of rotatable bonds is 1. The molecule has 1 aliphatic rings. The third-order valence-electron chi connectivity index (χ3n) is 3.02. The van der Waals surface area contributed by atoms with Crippen molar-refractivity contribution in [1.29, 1.82) is 0 Å². The first-order valence-corrected chi connectivity index (χ1v) is 5.18. The van der Waals surface area contributed by atoms with E-state index in [1.165, 1.54) is 6.42 Å². The predicted octanol–water partition coefficient (Wildman–Crippen LogP) is 0.772.